The lowest BCUT2D eigenvalue weighted by molar-refractivity contribution is -0.689. The molecule has 0 bridgehead atoms. The molecule has 0 saturated heterocycles. The van der Waals surface area contributed by atoms with Crippen molar-refractivity contribution < 1.29 is 9.36 Å². The molecule has 0 aliphatic heterocycles. The number of Topliss-reactive ketones (excluding diaryl/α,β-unsaturated/α-hetero) is 1. The van der Waals surface area contributed by atoms with Gasteiger partial charge >= 0.3 is 0 Å². The molecule has 0 aromatic carbocycles. The van der Waals surface area contributed by atoms with Crippen molar-refractivity contribution in [2.24, 2.45) is 0 Å². The van der Waals surface area contributed by atoms with E-state index in [4.69, 9.17) is 11.6 Å². The van der Waals surface area contributed by atoms with E-state index in [2.05, 4.69) is 4.98 Å². The van der Waals surface area contributed by atoms with Crippen LogP contribution < -0.4 is 4.57 Å². The van der Waals surface area contributed by atoms with E-state index in [1.807, 2.05) is 35.9 Å². The summed E-state index contributed by atoms with van der Waals surface area (Å²) in [5.41, 5.74) is 1.49. The van der Waals surface area contributed by atoms with Crippen LogP contribution in [0.25, 0.3) is 0 Å². The highest BCUT2D eigenvalue weighted by Gasteiger charge is 2.16. The first-order chi connectivity index (χ1) is 8.18. The van der Waals surface area contributed by atoms with Crippen LogP contribution in [-0.4, -0.2) is 10.8 Å². The maximum absolute atomic E-state index is 12.0. The van der Waals surface area contributed by atoms with Gasteiger partial charge in [-0.25, -0.2) is 4.98 Å². The van der Waals surface area contributed by atoms with Gasteiger partial charge in [-0.1, -0.05) is 17.7 Å². The van der Waals surface area contributed by atoms with Gasteiger partial charge in [-0.05, 0) is 12.1 Å². The van der Waals surface area contributed by atoms with Gasteiger partial charge in [-0.3, -0.25) is 4.79 Å². The van der Waals surface area contributed by atoms with Crippen LogP contribution in [0, 0.1) is 6.92 Å². The second kappa shape index (κ2) is 5.06. The zero-order valence-electron chi connectivity index (χ0n) is 9.43. The Hall–Kier alpha value is -1.74. The lowest BCUT2D eigenvalue weighted by Gasteiger charge is -2.01. The molecule has 17 heavy (non-hydrogen) atoms. The monoisotopic (exact) mass is 247 g/mol. The standard InChI is InChI=1S/C13H12ClN2O/c1-10-5-2-3-8-16(10)9-12(17)11-6-4-7-15-13(11)14/h2-8H,9H2,1H3/q+1. The number of carbonyl (C=O) groups excluding carboxylic acids is 1. The third kappa shape index (κ3) is 2.68. The Bertz CT molecular complexity index is 555. The molecule has 0 saturated carbocycles. The fourth-order valence-electron chi connectivity index (χ4n) is 1.57. The Morgan fingerprint density at radius 1 is 1.35 bits per heavy atom. The molecule has 4 heteroatoms. The van der Waals surface area contributed by atoms with Gasteiger partial charge in [-0.15, -0.1) is 0 Å². The number of ketones is 1. The molecule has 0 spiro atoms. The quantitative estimate of drug-likeness (QED) is 0.473. The van der Waals surface area contributed by atoms with E-state index in [9.17, 15) is 4.79 Å². The van der Waals surface area contributed by atoms with Crippen LogP contribution in [0.15, 0.2) is 42.7 Å². The minimum atomic E-state index is -0.0394. The summed E-state index contributed by atoms with van der Waals surface area (Å²) in [6, 6.07) is 9.19. The summed E-state index contributed by atoms with van der Waals surface area (Å²) in [5, 5.41) is 0.256. The van der Waals surface area contributed by atoms with Crippen LogP contribution in [-0.2, 0) is 6.54 Å². The molecule has 0 fully saturated rings. The summed E-state index contributed by atoms with van der Waals surface area (Å²) in [7, 11) is 0. The van der Waals surface area contributed by atoms with Gasteiger partial charge in [0.25, 0.3) is 0 Å². The Labute approximate surface area is 105 Å². The van der Waals surface area contributed by atoms with Crippen LogP contribution >= 0.6 is 11.6 Å². The molecule has 0 N–H and O–H groups in total. The summed E-state index contributed by atoms with van der Waals surface area (Å²) in [6.07, 6.45) is 3.44. The highest BCUT2D eigenvalue weighted by Crippen LogP contribution is 2.12. The van der Waals surface area contributed by atoms with Crippen molar-refractivity contribution in [2.45, 2.75) is 13.5 Å². The lowest BCUT2D eigenvalue weighted by atomic mass is 10.2. The topological polar surface area (TPSA) is 33.8 Å². The predicted molar refractivity (Wildman–Crippen MR) is 65.0 cm³/mol. The van der Waals surface area contributed by atoms with E-state index in [1.54, 1.807) is 18.3 Å². The molecule has 0 aliphatic rings. The van der Waals surface area contributed by atoms with Crippen molar-refractivity contribution in [3.05, 3.63) is 59.1 Å². The number of halogens is 1. The number of rotatable bonds is 3. The van der Waals surface area contributed by atoms with Gasteiger partial charge in [0.05, 0.1) is 5.56 Å². The second-order valence-corrected chi connectivity index (χ2v) is 4.09. The molecule has 2 aromatic rings. The first kappa shape index (κ1) is 11.7. The molecule has 0 atom stereocenters. The van der Waals surface area contributed by atoms with Gasteiger partial charge in [0.1, 0.15) is 5.15 Å². The smallest absolute Gasteiger partial charge is 0.230 e. The summed E-state index contributed by atoms with van der Waals surface area (Å²) < 4.78 is 1.88. The van der Waals surface area contributed by atoms with Crippen LogP contribution in [0.2, 0.25) is 5.15 Å². The van der Waals surface area contributed by atoms with Crippen molar-refractivity contribution in [1.29, 1.82) is 0 Å². The predicted octanol–water partition coefficient (Wildman–Crippen LogP) is 2.21. The molecule has 86 valence electrons. The molecular formula is C13H12ClN2O+. The Morgan fingerprint density at radius 3 is 2.88 bits per heavy atom. The maximum atomic E-state index is 12.0. The van der Waals surface area contributed by atoms with Crippen molar-refractivity contribution in [1.82, 2.24) is 4.98 Å². The number of aromatic nitrogens is 2. The summed E-state index contributed by atoms with van der Waals surface area (Å²) in [4.78, 5) is 15.9. The van der Waals surface area contributed by atoms with E-state index >= 15 is 0 Å². The van der Waals surface area contributed by atoms with Crippen LogP contribution in [0.1, 0.15) is 16.1 Å². The molecule has 2 rings (SSSR count). The first-order valence-corrected chi connectivity index (χ1v) is 5.65. The third-order valence-electron chi connectivity index (χ3n) is 2.54. The number of hydrogen-bond acceptors (Lipinski definition) is 2. The Balaban J connectivity index is 2.24. The van der Waals surface area contributed by atoms with Crippen LogP contribution in [0.3, 0.4) is 0 Å². The van der Waals surface area contributed by atoms with Gasteiger partial charge in [-0.2, -0.15) is 4.57 Å². The van der Waals surface area contributed by atoms with Crippen molar-refractivity contribution in [3.8, 4) is 0 Å². The van der Waals surface area contributed by atoms with E-state index in [1.165, 1.54) is 0 Å². The molecule has 3 nitrogen and oxygen atoms in total. The zero-order valence-corrected chi connectivity index (χ0v) is 10.2. The fraction of sp³-hybridized carbons (Fsp3) is 0.154. The molecular weight excluding hydrogens is 236 g/mol. The van der Waals surface area contributed by atoms with Gasteiger partial charge < -0.3 is 0 Å². The molecule has 0 amide bonds. The third-order valence-corrected chi connectivity index (χ3v) is 2.84. The van der Waals surface area contributed by atoms with Gasteiger partial charge in [0, 0.05) is 25.3 Å². The number of aryl methyl sites for hydroxylation is 1. The molecule has 0 radical (unpaired) electrons. The fourth-order valence-corrected chi connectivity index (χ4v) is 1.80. The molecule has 2 heterocycles. The number of nitrogens with zero attached hydrogens (tertiary/aromatic N) is 2. The van der Waals surface area contributed by atoms with Crippen LogP contribution in [0.4, 0.5) is 0 Å². The number of hydrogen-bond donors (Lipinski definition) is 0. The minimum Gasteiger partial charge on any atom is -0.287 e. The van der Waals surface area contributed by atoms with E-state index in [-0.39, 0.29) is 17.5 Å². The highest BCUT2D eigenvalue weighted by atomic mass is 35.5. The number of pyridine rings is 2. The van der Waals surface area contributed by atoms with Crippen molar-refractivity contribution >= 4 is 17.4 Å². The summed E-state index contributed by atoms with van der Waals surface area (Å²) >= 11 is 5.88. The first-order valence-electron chi connectivity index (χ1n) is 5.27. The molecule has 0 aliphatic carbocycles. The largest absolute Gasteiger partial charge is 0.287 e. The van der Waals surface area contributed by atoms with E-state index < -0.39 is 0 Å². The SMILES string of the molecule is Cc1cccc[n+]1CC(=O)c1cccnc1Cl. The molecule has 0 unspecified atom stereocenters. The average molecular weight is 248 g/mol. The van der Waals surface area contributed by atoms with E-state index in [0.717, 1.165) is 5.69 Å². The zero-order chi connectivity index (χ0) is 12.3. The maximum Gasteiger partial charge on any atom is 0.230 e. The second-order valence-electron chi connectivity index (χ2n) is 3.73. The Morgan fingerprint density at radius 2 is 2.18 bits per heavy atom. The Kier molecular flexibility index (Phi) is 3.49. The number of carbonyl (C=O) groups is 1. The normalized spacial score (nSPS) is 10.2. The van der Waals surface area contributed by atoms with Crippen LogP contribution in [0.5, 0.6) is 0 Å². The molecule has 2 aromatic heterocycles. The summed E-state index contributed by atoms with van der Waals surface area (Å²) in [6.45, 7) is 2.23. The summed E-state index contributed by atoms with van der Waals surface area (Å²) in [5.74, 6) is -0.0394. The van der Waals surface area contributed by atoms with Gasteiger partial charge in [0.15, 0.2) is 11.9 Å². The van der Waals surface area contributed by atoms with Gasteiger partial charge in [0.2, 0.25) is 12.3 Å². The van der Waals surface area contributed by atoms with Crippen molar-refractivity contribution in [2.75, 3.05) is 0 Å². The minimum absolute atomic E-state index is 0.0394. The average Bonchev–Trinajstić information content (AvgIpc) is 2.32. The van der Waals surface area contributed by atoms with E-state index in [0.29, 0.717) is 5.56 Å². The highest BCUT2D eigenvalue weighted by molar-refractivity contribution is 6.32. The lowest BCUT2D eigenvalue weighted by Crippen LogP contribution is -2.40. The van der Waals surface area contributed by atoms with Crippen molar-refractivity contribution in [3.63, 3.8) is 0 Å².